The number of pyridine rings is 2. The van der Waals surface area contributed by atoms with E-state index in [2.05, 4.69) is 38.4 Å². The molecule has 0 bridgehead atoms. The molecule has 0 spiro atoms. The number of hydrogen-bond acceptors (Lipinski definition) is 6. The molecule has 4 atom stereocenters. The Morgan fingerprint density at radius 2 is 1.08 bits per heavy atom. The van der Waals surface area contributed by atoms with Crippen molar-refractivity contribution < 1.29 is 36.6 Å². The number of halogens is 6. The summed E-state index contributed by atoms with van der Waals surface area (Å²) >= 11 is 12.0. The quantitative estimate of drug-likeness (QED) is 0.142. The monoisotopic (exact) mass is 744 g/mol. The fraction of sp³-hybridized carbons (Fsp3) is 0.105. The van der Waals surface area contributed by atoms with Gasteiger partial charge in [-0.2, -0.15) is 0 Å². The highest BCUT2D eigenvalue weighted by molar-refractivity contribution is 6.34. The molecule has 7 rings (SSSR count). The number of alkyl carbamates (subject to hydrolysis) is 2. The molecular weight excluding hydrogens is 723 g/mol. The van der Waals surface area contributed by atoms with Gasteiger partial charge in [0.05, 0.1) is 0 Å². The summed E-state index contributed by atoms with van der Waals surface area (Å²) in [4.78, 5) is 31.5. The molecule has 0 aliphatic carbocycles. The third kappa shape index (κ3) is 8.27. The minimum absolute atomic E-state index is 0.0468. The van der Waals surface area contributed by atoms with Gasteiger partial charge in [0.2, 0.25) is 0 Å². The fourth-order valence-electron chi connectivity index (χ4n) is 5.48. The predicted octanol–water partition coefficient (Wildman–Crippen LogP) is 8.45. The number of benzene rings is 3. The van der Waals surface area contributed by atoms with Crippen LogP contribution in [-0.2, 0) is 9.47 Å². The summed E-state index contributed by atoms with van der Waals surface area (Å²) < 4.78 is 65.5. The molecule has 8 nitrogen and oxygen atoms in total. The molecule has 0 saturated carbocycles. The van der Waals surface area contributed by atoms with Gasteiger partial charge in [-0.25, -0.2) is 27.2 Å². The number of rotatable bonds is 4. The molecule has 2 saturated heterocycles. The van der Waals surface area contributed by atoms with Gasteiger partial charge in [-0.15, -0.1) is 6.42 Å². The molecule has 2 aliphatic rings. The second-order valence-corrected chi connectivity index (χ2v) is 12.2. The standard InChI is InChI=1S/C22H12Cl2F2N2O2.C16H10F2N2O2/c23-15-6-12(7-16(24)8-15)1-2-13-5-14(11-27-10-13)20-21(30-22(29)28-20)18-9-17(25)3-4-19(18)26;1-2-9-5-10(8-19-7-9)14-15(22-16(21)20-14)12-6-11(17)3-4-13(12)18/h3-11,20-21H,(H,28,29);1,3-8,14-15H,(H,20,21)/t20-,21-;14-,15-/m11/s1. The van der Waals surface area contributed by atoms with Crippen molar-refractivity contribution >= 4 is 35.4 Å². The molecule has 52 heavy (non-hydrogen) atoms. The van der Waals surface area contributed by atoms with E-state index in [0.29, 0.717) is 37.9 Å². The number of hydrogen-bond donors (Lipinski definition) is 2. The first-order valence-electron chi connectivity index (χ1n) is 15.2. The van der Waals surface area contributed by atoms with Crippen LogP contribution in [0.4, 0.5) is 27.2 Å². The Morgan fingerprint density at radius 1 is 0.615 bits per heavy atom. The average molecular weight is 746 g/mol. The molecule has 260 valence electrons. The van der Waals surface area contributed by atoms with Crippen LogP contribution >= 0.6 is 23.2 Å². The summed E-state index contributed by atoms with van der Waals surface area (Å²) in [6.07, 6.45) is 7.83. The van der Waals surface area contributed by atoms with Crippen LogP contribution in [0.2, 0.25) is 10.0 Å². The highest BCUT2D eigenvalue weighted by Gasteiger charge is 2.39. The second kappa shape index (κ2) is 15.4. The Balaban J connectivity index is 0.000000187. The van der Waals surface area contributed by atoms with Crippen LogP contribution in [0.3, 0.4) is 0 Å². The molecule has 4 heterocycles. The Kier molecular flexibility index (Phi) is 10.6. The van der Waals surface area contributed by atoms with E-state index in [-0.39, 0.29) is 11.1 Å². The molecular formula is C38H22Cl2F4N4O4. The van der Waals surface area contributed by atoms with Crippen molar-refractivity contribution in [2.24, 2.45) is 0 Å². The summed E-state index contributed by atoms with van der Waals surface area (Å²) in [5.41, 5.74) is 2.65. The van der Waals surface area contributed by atoms with Crippen LogP contribution < -0.4 is 10.6 Å². The zero-order valence-electron chi connectivity index (χ0n) is 26.3. The molecule has 0 radical (unpaired) electrons. The summed E-state index contributed by atoms with van der Waals surface area (Å²) in [5.74, 6) is 5.73. The van der Waals surface area contributed by atoms with E-state index in [9.17, 15) is 27.2 Å². The molecule has 0 unspecified atom stereocenters. The van der Waals surface area contributed by atoms with E-state index >= 15 is 0 Å². The van der Waals surface area contributed by atoms with E-state index in [1.54, 1.807) is 30.3 Å². The lowest BCUT2D eigenvalue weighted by atomic mass is 9.96. The summed E-state index contributed by atoms with van der Waals surface area (Å²) in [6, 6.07) is 12.8. The van der Waals surface area contributed by atoms with Gasteiger partial charge in [-0.05, 0) is 77.9 Å². The Morgan fingerprint density at radius 3 is 1.58 bits per heavy atom. The molecule has 2 aliphatic heterocycles. The highest BCUT2D eigenvalue weighted by Crippen LogP contribution is 2.39. The zero-order chi connectivity index (χ0) is 36.9. The van der Waals surface area contributed by atoms with Crippen LogP contribution in [0.1, 0.15) is 63.2 Å². The maximum Gasteiger partial charge on any atom is 0.408 e. The number of terminal acetylenes is 1. The van der Waals surface area contributed by atoms with Gasteiger partial charge < -0.3 is 20.1 Å². The number of carbonyl (C=O) groups is 2. The minimum atomic E-state index is -1.05. The third-order valence-corrected chi connectivity index (χ3v) is 8.20. The lowest BCUT2D eigenvalue weighted by Gasteiger charge is -2.18. The molecule has 2 fully saturated rings. The molecule has 2 amide bonds. The van der Waals surface area contributed by atoms with Gasteiger partial charge >= 0.3 is 12.2 Å². The Hall–Kier alpha value is -6.08. The van der Waals surface area contributed by atoms with Crippen molar-refractivity contribution in [1.82, 2.24) is 20.6 Å². The van der Waals surface area contributed by atoms with E-state index in [1.807, 2.05) is 0 Å². The number of amides is 2. The average Bonchev–Trinajstić information content (AvgIpc) is 3.71. The molecule has 2 aromatic heterocycles. The summed E-state index contributed by atoms with van der Waals surface area (Å²) in [7, 11) is 0. The van der Waals surface area contributed by atoms with Gasteiger partial charge in [0, 0.05) is 62.6 Å². The second-order valence-electron chi connectivity index (χ2n) is 11.3. The summed E-state index contributed by atoms with van der Waals surface area (Å²) in [6.45, 7) is 0. The van der Waals surface area contributed by atoms with Gasteiger partial charge in [0.15, 0.2) is 12.2 Å². The predicted molar refractivity (Wildman–Crippen MR) is 182 cm³/mol. The van der Waals surface area contributed by atoms with E-state index < -0.39 is 59.7 Å². The SMILES string of the molecule is C#Cc1cncc([C@H]2NC(=O)O[C@@H]2c2cc(F)ccc2F)c1.O=C1N[C@H](c2cncc(C#Cc3cc(Cl)cc(Cl)c3)c2)[C@@H](c2cc(F)ccc2F)O1. The van der Waals surface area contributed by atoms with Crippen LogP contribution in [0.25, 0.3) is 0 Å². The number of nitrogens with zero attached hydrogens (tertiary/aromatic N) is 2. The van der Waals surface area contributed by atoms with Crippen molar-refractivity contribution in [2.45, 2.75) is 24.3 Å². The number of ether oxygens (including phenoxy) is 2. The van der Waals surface area contributed by atoms with Crippen LogP contribution in [0.15, 0.2) is 91.5 Å². The van der Waals surface area contributed by atoms with Crippen LogP contribution in [-0.4, -0.2) is 22.2 Å². The van der Waals surface area contributed by atoms with Crippen molar-refractivity contribution in [2.75, 3.05) is 0 Å². The van der Waals surface area contributed by atoms with Gasteiger partial charge in [-0.1, -0.05) is 41.0 Å². The lowest BCUT2D eigenvalue weighted by Crippen LogP contribution is -2.20. The van der Waals surface area contributed by atoms with E-state index in [1.165, 1.54) is 24.8 Å². The van der Waals surface area contributed by atoms with E-state index in [4.69, 9.17) is 39.1 Å². The number of nitrogens with one attached hydrogen (secondary N) is 2. The smallest absolute Gasteiger partial charge is 0.408 e. The number of cyclic esters (lactones) is 2. The van der Waals surface area contributed by atoms with Crippen molar-refractivity contribution in [3.05, 3.63) is 164 Å². The van der Waals surface area contributed by atoms with Crippen molar-refractivity contribution in [3.8, 4) is 24.2 Å². The van der Waals surface area contributed by atoms with Crippen molar-refractivity contribution in [1.29, 1.82) is 0 Å². The largest absolute Gasteiger partial charge is 0.439 e. The maximum atomic E-state index is 14.2. The molecule has 5 aromatic rings. The topological polar surface area (TPSA) is 102 Å². The van der Waals surface area contributed by atoms with E-state index in [0.717, 1.165) is 36.4 Å². The third-order valence-electron chi connectivity index (χ3n) is 7.77. The first-order chi connectivity index (χ1) is 25.0. The lowest BCUT2D eigenvalue weighted by molar-refractivity contribution is 0.129. The molecule has 2 N–H and O–H groups in total. The highest BCUT2D eigenvalue weighted by atomic mass is 35.5. The summed E-state index contributed by atoms with van der Waals surface area (Å²) in [5, 5.41) is 6.09. The number of aromatic nitrogens is 2. The maximum absolute atomic E-state index is 14.2. The first kappa shape index (κ1) is 35.7. The van der Waals surface area contributed by atoms with Crippen LogP contribution in [0.5, 0.6) is 0 Å². The van der Waals surface area contributed by atoms with Gasteiger partial charge in [0.25, 0.3) is 0 Å². The first-order valence-corrected chi connectivity index (χ1v) is 15.9. The number of carbonyl (C=O) groups excluding carboxylic acids is 2. The molecule has 3 aromatic carbocycles. The molecule has 14 heteroatoms. The Bertz CT molecular complexity index is 2290. The minimum Gasteiger partial charge on any atom is -0.439 e. The normalized spacial score (nSPS) is 18.7. The van der Waals surface area contributed by atoms with Gasteiger partial charge in [0.1, 0.15) is 35.4 Å². The zero-order valence-corrected chi connectivity index (χ0v) is 27.9. The van der Waals surface area contributed by atoms with Crippen molar-refractivity contribution in [3.63, 3.8) is 0 Å². The fourth-order valence-corrected chi connectivity index (χ4v) is 6.01. The van der Waals surface area contributed by atoms with Gasteiger partial charge in [-0.3, -0.25) is 9.97 Å². The van der Waals surface area contributed by atoms with Crippen LogP contribution in [0, 0.1) is 47.5 Å². The Labute approximate surface area is 304 Å².